The van der Waals surface area contributed by atoms with Gasteiger partial charge in [0.05, 0.1) is 13.0 Å². The average molecular weight is 672 g/mol. The number of halogens is 2. The molecule has 0 spiro atoms. The third kappa shape index (κ3) is 5.57. The number of carbonyl (C=O) groups excluding carboxylic acids is 1. The number of hydrogen-bond acceptors (Lipinski definition) is 8. The van der Waals surface area contributed by atoms with Gasteiger partial charge >= 0.3 is 5.97 Å². The Hall–Kier alpha value is -4.91. The van der Waals surface area contributed by atoms with Crippen LogP contribution in [0.4, 0.5) is 0 Å². The van der Waals surface area contributed by atoms with Crippen LogP contribution in [0.5, 0.6) is 23.0 Å². The first-order chi connectivity index (χ1) is 21.2. The molecule has 10 heteroatoms. The molecule has 0 bridgehead atoms. The molecular weight excluding hydrogens is 648 g/mol. The number of hydrogen-bond donors (Lipinski definition) is 1. The zero-order valence-corrected chi connectivity index (χ0v) is 25.9. The molecule has 220 valence electrons. The fraction of sp³-hybridized carbons (Fsp3) is 0.118. The van der Waals surface area contributed by atoms with Crippen LogP contribution in [0.25, 0.3) is 11.0 Å². The van der Waals surface area contributed by atoms with E-state index in [0.717, 1.165) is 21.0 Å². The monoisotopic (exact) mass is 670 g/mol. The summed E-state index contributed by atoms with van der Waals surface area (Å²) in [6.07, 6.45) is 0. The van der Waals surface area contributed by atoms with Crippen LogP contribution >= 0.6 is 27.5 Å². The van der Waals surface area contributed by atoms with Crippen molar-refractivity contribution < 1.29 is 28.2 Å². The van der Waals surface area contributed by atoms with E-state index >= 15 is 0 Å². The first-order valence-electron chi connectivity index (χ1n) is 13.4. The number of nitrogens with zero attached hydrogens (tertiary/aromatic N) is 1. The molecule has 44 heavy (non-hydrogen) atoms. The lowest BCUT2D eigenvalue weighted by Crippen LogP contribution is -2.21. The third-order valence-corrected chi connectivity index (χ3v) is 8.06. The number of aryl methyl sites for hydroxylation is 1. The van der Waals surface area contributed by atoms with E-state index in [0.29, 0.717) is 45.6 Å². The van der Waals surface area contributed by atoms with Crippen molar-refractivity contribution in [3.63, 3.8) is 0 Å². The predicted octanol–water partition coefficient (Wildman–Crippen LogP) is 8.18. The van der Waals surface area contributed by atoms with Crippen LogP contribution in [0, 0.1) is 18.3 Å². The standard InChI is InChI=1S/C34H24BrClN2O6/c1-18-24-10-6-21(35)14-28(24)43-32(18)34(39)42-23-9-11-25-29(15-23)44-33(38)26(16-37)31(25)20-5-12-27(30(13-20)40-2)41-17-19-3-7-22(36)8-4-19/h3-15,31H,17,38H2,1-2H3. The van der Waals surface area contributed by atoms with E-state index in [1.807, 2.05) is 30.3 Å². The first kappa shape index (κ1) is 29.2. The van der Waals surface area contributed by atoms with Crippen LogP contribution in [0.3, 0.4) is 0 Å². The van der Waals surface area contributed by atoms with E-state index in [1.165, 1.54) is 0 Å². The lowest BCUT2D eigenvalue weighted by Gasteiger charge is -2.27. The summed E-state index contributed by atoms with van der Waals surface area (Å²) in [6.45, 7) is 2.12. The van der Waals surface area contributed by atoms with Crippen molar-refractivity contribution in [3.05, 3.63) is 128 Å². The molecule has 6 rings (SSSR count). The molecule has 2 N–H and O–H groups in total. The van der Waals surface area contributed by atoms with E-state index in [-0.39, 0.29) is 23.0 Å². The van der Waals surface area contributed by atoms with Crippen LogP contribution in [-0.4, -0.2) is 13.1 Å². The number of nitriles is 1. The van der Waals surface area contributed by atoms with Gasteiger partial charge in [-0.3, -0.25) is 0 Å². The van der Waals surface area contributed by atoms with Gasteiger partial charge in [0.15, 0.2) is 11.5 Å². The number of methoxy groups -OCH3 is 1. The maximum atomic E-state index is 13.1. The molecule has 0 saturated carbocycles. The molecule has 0 radical (unpaired) electrons. The van der Waals surface area contributed by atoms with Gasteiger partial charge in [-0.25, -0.2) is 4.79 Å². The van der Waals surface area contributed by atoms with E-state index in [2.05, 4.69) is 22.0 Å². The van der Waals surface area contributed by atoms with Crippen LogP contribution in [0.2, 0.25) is 5.02 Å². The van der Waals surface area contributed by atoms with E-state index < -0.39 is 11.9 Å². The van der Waals surface area contributed by atoms with Gasteiger partial charge in [0.25, 0.3) is 0 Å². The lowest BCUT2D eigenvalue weighted by atomic mass is 9.83. The highest BCUT2D eigenvalue weighted by Gasteiger charge is 2.32. The highest BCUT2D eigenvalue weighted by molar-refractivity contribution is 9.10. The minimum Gasteiger partial charge on any atom is -0.493 e. The van der Waals surface area contributed by atoms with Gasteiger partial charge in [0.2, 0.25) is 11.6 Å². The summed E-state index contributed by atoms with van der Waals surface area (Å²) < 4.78 is 29.8. The largest absolute Gasteiger partial charge is 0.493 e. The molecule has 1 atom stereocenters. The van der Waals surface area contributed by atoms with Crippen molar-refractivity contribution in [2.45, 2.75) is 19.4 Å². The van der Waals surface area contributed by atoms with E-state index in [9.17, 15) is 10.1 Å². The summed E-state index contributed by atoms with van der Waals surface area (Å²) in [7, 11) is 1.55. The number of carbonyl (C=O) groups is 1. The quantitative estimate of drug-likeness (QED) is 0.136. The Morgan fingerprint density at radius 3 is 2.59 bits per heavy atom. The molecule has 1 aliphatic rings. The Morgan fingerprint density at radius 2 is 1.84 bits per heavy atom. The molecule has 1 unspecified atom stereocenters. The van der Waals surface area contributed by atoms with Crippen molar-refractivity contribution >= 4 is 44.5 Å². The minimum absolute atomic E-state index is 0.0470. The van der Waals surface area contributed by atoms with Gasteiger partial charge < -0.3 is 29.1 Å². The van der Waals surface area contributed by atoms with Crippen LogP contribution in [-0.2, 0) is 6.61 Å². The molecule has 8 nitrogen and oxygen atoms in total. The molecule has 0 aliphatic carbocycles. The summed E-state index contributed by atoms with van der Waals surface area (Å²) in [5.41, 5.74) is 10.0. The minimum atomic E-state index is -0.651. The van der Waals surface area contributed by atoms with Gasteiger partial charge in [-0.1, -0.05) is 51.8 Å². The van der Waals surface area contributed by atoms with Crippen molar-refractivity contribution in [1.29, 1.82) is 5.26 Å². The molecule has 4 aromatic carbocycles. The Kier molecular flexibility index (Phi) is 7.95. The number of benzene rings is 4. The van der Waals surface area contributed by atoms with Crippen LogP contribution < -0.4 is 24.7 Å². The fourth-order valence-electron chi connectivity index (χ4n) is 5.11. The first-order valence-corrected chi connectivity index (χ1v) is 14.6. The number of esters is 1. The normalized spacial score (nSPS) is 14.0. The topological polar surface area (TPSA) is 117 Å². The fourth-order valence-corrected chi connectivity index (χ4v) is 5.58. The summed E-state index contributed by atoms with van der Waals surface area (Å²) >= 11 is 9.40. The summed E-state index contributed by atoms with van der Waals surface area (Å²) in [6, 6.07) is 25.5. The number of rotatable bonds is 7. The summed E-state index contributed by atoms with van der Waals surface area (Å²) in [5, 5.41) is 11.5. The second-order valence-electron chi connectivity index (χ2n) is 10.0. The Balaban J connectivity index is 1.28. The number of allylic oxidation sites excluding steroid dienone is 1. The molecule has 1 aromatic heterocycles. The third-order valence-electron chi connectivity index (χ3n) is 7.32. The maximum Gasteiger partial charge on any atom is 0.379 e. The average Bonchev–Trinajstić information content (AvgIpc) is 3.35. The maximum absolute atomic E-state index is 13.1. The zero-order valence-electron chi connectivity index (χ0n) is 23.5. The van der Waals surface area contributed by atoms with Gasteiger partial charge in [-0.05, 0) is 66.6 Å². The summed E-state index contributed by atoms with van der Waals surface area (Å²) in [4.78, 5) is 13.1. The van der Waals surface area contributed by atoms with Gasteiger partial charge in [-0.15, -0.1) is 0 Å². The number of nitrogens with two attached hydrogens (primary N) is 1. The van der Waals surface area contributed by atoms with E-state index in [4.69, 9.17) is 40.7 Å². The van der Waals surface area contributed by atoms with Crippen molar-refractivity contribution in [1.82, 2.24) is 0 Å². The number of ether oxygens (including phenoxy) is 4. The Labute approximate surface area is 266 Å². The number of furan rings is 1. The molecule has 5 aromatic rings. The smallest absolute Gasteiger partial charge is 0.379 e. The molecule has 0 amide bonds. The highest BCUT2D eigenvalue weighted by atomic mass is 79.9. The zero-order chi connectivity index (χ0) is 31.0. The number of fused-ring (bicyclic) bond motifs is 2. The second-order valence-corrected chi connectivity index (χ2v) is 11.4. The molecule has 1 aliphatic heterocycles. The van der Waals surface area contributed by atoms with Gasteiger partial charge in [-0.2, -0.15) is 5.26 Å². The lowest BCUT2D eigenvalue weighted by molar-refractivity contribution is 0.0702. The summed E-state index contributed by atoms with van der Waals surface area (Å²) in [5.74, 6) is 0.435. The second kappa shape index (κ2) is 12.0. The highest BCUT2D eigenvalue weighted by Crippen LogP contribution is 2.45. The van der Waals surface area contributed by atoms with Crippen molar-refractivity contribution in [2.75, 3.05) is 7.11 Å². The molecule has 2 heterocycles. The molecular formula is C34H24BrClN2O6. The van der Waals surface area contributed by atoms with Crippen LogP contribution in [0.15, 0.2) is 99.2 Å². The van der Waals surface area contributed by atoms with Crippen molar-refractivity contribution in [3.8, 4) is 29.1 Å². The molecule has 0 fully saturated rings. The Bertz CT molecular complexity index is 1990. The Morgan fingerprint density at radius 1 is 1.05 bits per heavy atom. The van der Waals surface area contributed by atoms with Crippen molar-refractivity contribution in [2.24, 2.45) is 5.73 Å². The molecule has 0 saturated heterocycles. The van der Waals surface area contributed by atoms with Gasteiger partial charge in [0.1, 0.15) is 35.3 Å². The van der Waals surface area contributed by atoms with Crippen LogP contribution in [0.1, 0.15) is 38.7 Å². The van der Waals surface area contributed by atoms with E-state index in [1.54, 1.807) is 62.6 Å². The van der Waals surface area contributed by atoms with Gasteiger partial charge in [0, 0.05) is 32.1 Å². The SMILES string of the molecule is COc1cc(C2C(C#N)=C(N)Oc3cc(OC(=O)c4oc5cc(Br)ccc5c4C)ccc32)ccc1OCc1ccc(Cl)cc1. The predicted molar refractivity (Wildman–Crippen MR) is 168 cm³/mol.